The van der Waals surface area contributed by atoms with E-state index in [0.29, 0.717) is 22.8 Å². The van der Waals surface area contributed by atoms with Crippen LogP contribution < -0.4 is 25.0 Å². The molecule has 0 atom stereocenters. The minimum Gasteiger partial charge on any atom is -0.469 e. The number of nitrogens with one attached hydrogen (secondary N) is 3. The molecule has 10 nitrogen and oxygen atoms in total. The second-order valence-electron chi connectivity index (χ2n) is 6.84. The number of hydrogen-bond donors (Lipinski definition) is 3. The number of aryl methyl sites for hydroxylation is 1. The molecule has 0 fully saturated rings. The van der Waals surface area contributed by atoms with Gasteiger partial charge in [-0.15, -0.1) is 0 Å². The number of fused-ring (bicyclic) bond motifs is 1. The number of benzene rings is 2. The van der Waals surface area contributed by atoms with Gasteiger partial charge in [0.2, 0.25) is 16.8 Å². The molecule has 32 heavy (non-hydrogen) atoms. The van der Waals surface area contributed by atoms with Gasteiger partial charge in [0, 0.05) is 12.1 Å². The number of furan rings is 1. The molecule has 1 aromatic heterocycles. The van der Waals surface area contributed by atoms with Crippen molar-refractivity contribution in [3.8, 4) is 11.5 Å². The van der Waals surface area contributed by atoms with E-state index in [1.807, 2.05) is 0 Å². The van der Waals surface area contributed by atoms with Crippen molar-refractivity contribution in [3.63, 3.8) is 0 Å². The molecule has 0 saturated carbocycles. The second kappa shape index (κ2) is 8.73. The highest BCUT2D eigenvalue weighted by Gasteiger charge is 2.19. The van der Waals surface area contributed by atoms with E-state index in [4.69, 9.17) is 13.9 Å². The minimum atomic E-state index is -3.90. The first-order valence-electron chi connectivity index (χ1n) is 9.46. The number of sulfonamides is 1. The molecule has 0 saturated heterocycles. The van der Waals surface area contributed by atoms with Crippen LogP contribution in [-0.2, 0) is 16.6 Å². The monoisotopic (exact) mass is 457 g/mol. The fraction of sp³-hybridized carbons (Fsp3) is 0.143. The number of hydrazine groups is 1. The summed E-state index contributed by atoms with van der Waals surface area (Å²) in [6, 6.07) is 12.0. The van der Waals surface area contributed by atoms with Crippen LogP contribution >= 0.6 is 0 Å². The van der Waals surface area contributed by atoms with Crippen LogP contribution in [0, 0.1) is 6.92 Å². The van der Waals surface area contributed by atoms with Crippen molar-refractivity contribution in [2.24, 2.45) is 0 Å². The van der Waals surface area contributed by atoms with Crippen LogP contribution in [0.15, 0.2) is 64.1 Å². The average Bonchev–Trinajstić information content (AvgIpc) is 3.44. The van der Waals surface area contributed by atoms with E-state index < -0.39 is 21.8 Å². The lowest BCUT2D eigenvalue weighted by Crippen LogP contribution is -2.41. The molecule has 2 amide bonds. The lowest BCUT2D eigenvalue weighted by atomic mass is 10.2. The molecule has 4 rings (SSSR count). The Morgan fingerprint density at radius 1 is 0.969 bits per heavy atom. The highest BCUT2D eigenvalue weighted by Crippen LogP contribution is 2.32. The largest absolute Gasteiger partial charge is 0.469 e. The number of carbonyl (C=O) groups excluding carboxylic acids is 2. The summed E-state index contributed by atoms with van der Waals surface area (Å²) >= 11 is 0. The van der Waals surface area contributed by atoms with Gasteiger partial charge in [0.15, 0.2) is 11.5 Å². The molecular formula is C21H19N3O7S. The zero-order chi connectivity index (χ0) is 22.7. The molecule has 11 heteroatoms. The van der Waals surface area contributed by atoms with Gasteiger partial charge in [-0.2, -0.15) is 0 Å². The fourth-order valence-corrected chi connectivity index (χ4v) is 4.05. The Labute approximate surface area is 183 Å². The predicted octanol–water partition coefficient (Wildman–Crippen LogP) is 1.87. The van der Waals surface area contributed by atoms with E-state index >= 15 is 0 Å². The Balaban J connectivity index is 1.40. The Morgan fingerprint density at radius 2 is 1.75 bits per heavy atom. The van der Waals surface area contributed by atoms with Gasteiger partial charge >= 0.3 is 0 Å². The third-order valence-electron chi connectivity index (χ3n) is 4.70. The average molecular weight is 457 g/mol. The first kappa shape index (κ1) is 21.4. The molecule has 0 spiro atoms. The standard InChI is InChI=1S/C21H19N3O7S/c1-13-17(7-8-29-13)21(26)24-23-20(25)15-3-2-4-16(10-15)32(27,28)22-11-14-5-6-18-19(9-14)31-12-30-18/h2-10,22H,11-12H2,1H3,(H,23,25)(H,24,26). The van der Waals surface area contributed by atoms with Gasteiger partial charge in [0.25, 0.3) is 11.8 Å². The summed E-state index contributed by atoms with van der Waals surface area (Å²) in [5, 5.41) is 0. The van der Waals surface area contributed by atoms with Crippen LogP contribution in [0.3, 0.4) is 0 Å². The Bertz CT molecular complexity index is 1280. The Hall–Kier alpha value is -3.83. The zero-order valence-corrected chi connectivity index (χ0v) is 17.7. The number of hydrogen-bond acceptors (Lipinski definition) is 7. The highest BCUT2D eigenvalue weighted by atomic mass is 32.2. The molecule has 166 valence electrons. The maximum atomic E-state index is 12.7. The third kappa shape index (κ3) is 4.58. The molecule has 2 heterocycles. The highest BCUT2D eigenvalue weighted by molar-refractivity contribution is 7.89. The molecular weight excluding hydrogens is 438 g/mol. The molecule has 1 aliphatic heterocycles. The van der Waals surface area contributed by atoms with Crippen molar-refractivity contribution in [1.29, 1.82) is 0 Å². The van der Waals surface area contributed by atoms with Crippen LogP contribution in [0.4, 0.5) is 0 Å². The van der Waals surface area contributed by atoms with E-state index in [9.17, 15) is 18.0 Å². The molecule has 3 aromatic rings. The lowest BCUT2D eigenvalue weighted by Gasteiger charge is -2.10. The van der Waals surface area contributed by atoms with Gasteiger partial charge in [-0.3, -0.25) is 20.4 Å². The van der Waals surface area contributed by atoms with Crippen LogP contribution in [-0.4, -0.2) is 27.0 Å². The van der Waals surface area contributed by atoms with Crippen LogP contribution in [0.2, 0.25) is 0 Å². The number of amides is 2. The maximum Gasteiger partial charge on any atom is 0.273 e. The van der Waals surface area contributed by atoms with Gasteiger partial charge in [-0.05, 0) is 48.9 Å². The molecule has 0 unspecified atom stereocenters. The molecule has 0 bridgehead atoms. The van der Waals surface area contributed by atoms with E-state index in [-0.39, 0.29) is 29.4 Å². The summed E-state index contributed by atoms with van der Waals surface area (Å²) in [4.78, 5) is 24.4. The van der Waals surface area contributed by atoms with Crippen molar-refractivity contribution in [2.45, 2.75) is 18.4 Å². The minimum absolute atomic E-state index is 0.0233. The van der Waals surface area contributed by atoms with Crippen molar-refractivity contribution in [1.82, 2.24) is 15.6 Å². The summed E-state index contributed by atoms with van der Waals surface area (Å²) in [7, 11) is -3.90. The van der Waals surface area contributed by atoms with Gasteiger partial charge in [-0.25, -0.2) is 13.1 Å². The zero-order valence-electron chi connectivity index (χ0n) is 16.9. The Morgan fingerprint density at radius 3 is 2.53 bits per heavy atom. The predicted molar refractivity (Wildman–Crippen MR) is 111 cm³/mol. The summed E-state index contributed by atoms with van der Waals surface area (Å²) in [6.07, 6.45) is 1.36. The van der Waals surface area contributed by atoms with Crippen molar-refractivity contribution >= 4 is 21.8 Å². The van der Waals surface area contributed by atoms with Crippen LogP contribution in [0.5, 0.6) is 11.5 Å². The van der Waals surface area contributed by atoms with Gasteiger partial charge in [0.05, 0.1) is 16.7 Å². The van der Waals surface area contributed by atoms with Gasteiger partial charge < -0.3 is 13.9 Å². The van der Waals surface area contributed by atoms with E-state index in [0.717, 1.165) is 0 Å². The van der Waals surface area contributed by atoms with E-state index in [2.05, 4.69) is 15.6 Å². The first-order valence-corrected chi connectivity index (χ1v) is 10.9. The van der Waals surface area contributed by atoms with E-state index in [1.54, 1.807) is 25.1 Å². The molecule has 0 radical (unpaired) electrons. The SMILES string of the molecule is Cc1occc1C(=O)NNC(=O)c1cccc(S(=O)(=O)NCc2ccc3c(c2)OCO3)c1. The first-order chi connectivity index (χ1) is 15.3. The summed E-state index contributed by atoms with van der Waals surface area (Å²) < 4.78 is 43.4. The summed E-state index contributed by atoms with van der Waals surface area (Å²) in [5.74, 6) is 0.322. The summed E-state index contributed by atoms with van der Waals surface area (Å²) in [5.41, 5.74) is 5.53. The van der Waals surface area contributed by atoms with Crippen LogP contribution in [0.1, 0.15) is 32.0 Å². The van der Waals surface area contributed by atoms with Crippen LogP contribution in [0.25, 0.3) is 0 Å². The van der Waals surface area contributed by atoms with Gasteiger partial charge in [0.1, 0.15) is 5.76 Å². The normalized spacial score (nSPS) is 12.4. The smallest absolute Gasteiger partial charge is 0.273 e. The second-order valence-corrected chi connectivity index (χ2v) is 8.61. The molecule has 1 aliphatic rings. The van der Waals surface area contributed by atoms with Crippen molar-refractivity contribution in [3.05, 3.63) is 77.2 Å². The number of ether oxygens (including phenoxy) is 2. The maximum absolute atomic E-state index is 12.7. The molecule has 0 aliphatic carbocycles. The lowest BCUT2D eigenvalue weighted by molar-refractivity contribution is 0.0845. The number of rotatable bonds is 6. The number of carbonyl (C=O) groups is 2. The summed E-state index contributed by atoms with van der Waals surface area (Å²) in [6.45, 7) is 1.76. The molecule has 3 N–H and O–H groups in total. The van der Waals surface area contributed by atoms with Crippen molar-refractivity contribution in [2.75, 3.05) is 6.79 Å². The van der Waals surface area contributed by atoms with E-state index in [1.165, 1.54) is 36.6 Å². The van der Waals surface area contributed by atoms with Gasteiger partial charge in [-0.1, -0.05) is 12.1 Å². The Kier molecular flexibility index (Phi) is 5.84. The topological polar surface area (TPSA) is 136 Å². The molecule has 2 aromatic carbocycles. The van der Waals surface area contributed by atoms with Crippen molar-refractivity contribution < 1.29 is 31.9 Å². The quantitative estimate of drug-likeness (QED) is 0.481. The third-order valence-corrected chi connectivity index (χ3v) is 6.10. The fourth-order valence-electron chi connectivity index (χ4n) is 2.99.